The highest BCUT2D eigenvalue weighted by molar-refractivity contribution is 7.90. The van der Waals surface area contributed by atoms with Crippen LogP contribution in [0.15, 0.2) is 4.99 Å². The van der Waals surface area contributed by atoms with E-state index in [1.54, 1.807) is 7.05 Å². The Bertz CT molecular complexity index is 437. The van der Waals surface area contributed by atoms with Crippen LogP contribution in [0, 0.1) is 5.92 Å². The van der Waals surface area contributed by atoms with Gasteiger partial charge in [0.2, 0.25) is 0 Å². The van der Waals surface area contributed by atoms with Crippen LogP contribution in [0.3, 0.4) is 0 Å². The van der Waals surface area contributed by atoms with Gasteiger partial charge in [-0.25, -0.2) is 8.42 Å². The van der Waals surface area contributed by atoms with E-state index >= 15 is 0 Å². The second-order valence-electron chi connectivity index (χ2n) is 6.02. The monoisotopic (exact) mass is 333 g/mol. The number of hydrogen-bond acceptors (Lipinski definition) is 4. The highest BCUT2D eigenvalue weighted by Gasteiger charge is 2.21. The van der Waals surface area contributed by atoms with Gasteiger partial charge in [-0.2, -0.15) is 0 Å². The third-order valence-electron chi connectivity index (χ3n) is 4.06. The number of aliphatic imine (C=N–C) groups is 1. The van der Waals surface area contributed by atoms with Crippen molar-refractivity contribution >= 4 is 15.8 Å². The average molecular weight is 333 g/mol. The van der Waals surface area contributed by atoms with Crippen molar-refractivity contribution in [3.63, 3.8) is 0 Å². The summed E-state index contributed by atoms with van der Waals surface area (Å²) in [7, 11) is -1.18. The number of sulfone groups is 1. The second kappa shape index (κ2) is 10.0. The maximum Gasteiger partial charge on any atom is 0.191 e. The quantitative estimate of drug-likeness (QED) is 0.396. The first-order chi connectivity index (χ1) is 10.4. The maximum atomic E-state index is 11.0. The summed E-state index contributed by atoms with van der Waals surface area (Å²) in [6, 6.07) is 0.496. The van der Waals surface area contributed by atoms with Crippen LogP contribution >= 0.6 is 0 Å². The fraction of sp³-hybridized carbons (Fsp3) is 0.933. The molecule has 1 rings (SSSR count). The van der Waals surface area contributed by atoms with Gasteiger partial charge in [-0.05, 0) is 18.8 Å². The third-order valence-corrected chi connectivity index (χ3v) is 4.97. The standard InChI is InChI=1S/C15H31N3O3S/c1-4-13-6-5-7-14(12-13)18-15(16-2)17-8-9-21-10-11-22(3,19)20/h13-14H,4-12H2,1-3H3,(H2,16,17,18). The van der Waals surface area contributed by atoms with Crippen molar-refractivity contribution in [3.05, 3.63) is 0 Å². The summed E-state index contributed by atoms with van der Waals surface area (Å²) >= 11 is 0. The molecule has 2 unspecified atom stereocenters. The number of rotatable bonds is 8. The predicted molar refractivity (Wildman–Crippen MR) is 91.1 cm³/mol. The summed E-state index contributed by atoms with van der Waals surface area (Å²) < 4.78 is 27.2. The molecule has 0 spiro atoms. The zero-order valence-corrected chi connectivity index (χ0v) is 14.9. The number of nitrogens with zero attached hydrogens (tertiary/aromatic N) is 1. The van der Waals surface area contributed by atoms with Crippen molar-refractivity contribution in [2.45, 2.75) is 45.1 Å². The van der Waals surface area contributed by atoms with Gasteiger partial charge in [0.25, 0.3) is 0 Å². The normalized spacial score (nSPS) is 23.3. The molecule has 1 fully saturated rings. The lowest BCUT2D eigenvalue weighted by Crippen LogP contribution is -2.46. The van der Waals surface area contributed by atoms with E-state index in [-0.39, 0.29) is 12.4 Å². The van der Waals surface area contributed by atoms with Crippen LogP contribution < -0.4 is 10.6 Å². The SMILES string of the molecule is CCC1CCCC(NC(=NC)NCCOCCS(C)(=O)=O)C1. The molecular formula is C15H31N3O3S. The molecule has 0 heterocycles. The van der Waals surface area contributed by atoms with Crippen LogP contribution in [0.2, 0.25) is 0 Å². The van der Waals surface area contributed by atoms with E-state index in [1.807, 2.05) is 0 Å². The van der Waals surface area contributed by atoms with Crippen LogP contribution in [0.25, 0.3) is 0 Å². The van der Waals surface area contributed by atoms with E-state index in [9.17, 15) is 8.42 Å². The number of ether oxygens (including phenoxy) is 1. The van der Waals surface area contributed by atoms with Gasteiger partial charge in [0, 0.05) is 25.9 Å². The maximum absolute atomic E-state index is 11.0. The van der Waals surface area contributed by atoms with E-state index < -0.39 is 9.84 Å². The smallest absolute Gasteiger partial charge is 0.191 e. The minimum Gasteiger partial charge on any atom is -0.379 e. The molecule has 6 nitrogen and oxygen atoms in total. The fourth-order valence-corrected chi connectivity index (χ4v) is 3.16. The van der Waals surface area contributed by atoms with Crippen molar-refractivity contribution in [1.29, 1.82) is 0 Å². The van der Waals surface area contributed by atoms with Gasteiger partial charge in [-0.15, -0.1) is 0 Å². The van der Waals surface area contributed by atoms with Crippen LogP contribution in [0.1, 0.15) is 39.0 Å². The first-order valence-electron chi connectivity index (χ1n) is 8.17. The van der Waals surface area contributed by atoms with Crippen molar-refractivity contribution in [3.8, 4) is 0 Å². The van der Waals surface area contributed by atoms with Gasteiger partial charge in [-0.1, -0.05) is 26.2 Å². The minimum atomic E-state index is -2.94. The van der Waals surface area contributed by atoms with Crippen LogP contribution in [0.4, 0.5) is 0 Å². The number of nitrogens with one attached hydrogen (secondary N) is 2. The molecule has 0 aromatic rings. The van der Waals surface area contributed by atoms with Crippen LogP contribution in [-0.4, -0.2) is 59.2 Å². The lowest BCUT2D eigenvalue weighted by molar-refractivity contribution is 0.153. The molecule has 0 bridgehead atoms. The zero-order valence-electron chi connectivity index (χ0n) is 14.1. The van der Waals surface area contributed by atoms with Gasteiger partial charge in [0.05, 0.1) is 19.0 Å². The minimum absolute atomic E-state index is 0.0699. The third kappa shape index (κ3) is 8.58. The predicted octanol–water partition coefficient (Wildman–Crippen LogP) is 1.18. The molecule has 7 heteroatoms. The Hall–Kier alpha value is -0.820. The van der Waals surface area contributed by atoms with Crippen LogP contribution in [0.5, 0.6) is 0 Å². The first-order valence-corrected chi connectivity index (χ1v) is 10.2. The molecular weight excluding hydrogens is 302 g/mol. The molecule has 2 atom stereocenters. The summed E-state index contributed by atoms with van der Waals surface area (Å²) in [5.41, 5.74) is 0. The van der Waals surface area contributed by atoms with Crippen molar-refractivity contribution in [2.75, 3.05) is 38.8 Å². The van der Waals surface area contributed by atoms with Crippen molar-refractivity contribution in [1.82, 2.24) is 10.6 Å². The molecule has 1 aliphatic carbocycles. The van der Waals surface area contributed by atoms with Gasteiger partial charge in [0.1, 0.15) is 9.84 Å². The molecule has 0 aromatic heterocycles. The zero-order chi connectivity index (χ0) is 16.4. The Balaban J connectivity index is 2.17. The molecule has 0 aromatic carbocycles. The largest absolute Gasteiger partial charge is 0.379 e. The van der Waals surface area contributed by atoms with E-state index in [0.717, 1.165) is 11.9 Å². The summed E-state index contributed by atoms with van der Waals surface area (Å²) in [6.45, 7) is 3.59. The van der Waals surface area contributed by atoms with Gasteiger partial charge < -0.3 is 15.4 Å². The Labute approximate surface area is 135 Å². The summed E-state index contributed by atoms with van der Waals surface area (Å²) in [5, 5.41) is 6.68. The molecule has 22 heavy (non-hydrogen) atoms. The highest BCUT2D eigenvalue weighted by atomic mass is 32.2. The summed E-state index contributed by atoms with van der Waals surface area (Å²) in [5.74, 6) is 1.69. The van der Waals surface area contributed by atoms with Gasteiger partial charge in [0.15, 0.2) is 5.96 Å². The molecule has 2 N–H and O–H groups in total. The second-order valence-corrected chi connectivity index (χ2v) is 8.28. The molecule has 1 saturated carbocycles. The van der Waals surface area contributed by atoms with Gasteiger partial charge in [-0.3, -0.25) is 4.99 Å². The van der Waals surface area contributed by atoms with E-state index in [4.69, 9.17) is 4.74 Å². The molecule has 0 radical (unpaired) electrons. The van der Waals surface area contributed by atoms with E-state index in [0.29, 0.717) is 19.2 Å². The Morgan fingerprint density at radius 1 is 1.32 bits per heavy atom. The Morgan fingerprint density at radius 2 is 2.09 bits per heavy atom. The topological polar surface area (TPSA) is 79.8 Å². The van der Waals surface area contributed by atoms with Crippen LogP contribution in [-0.2, 0) is 14.6 Å². The van der Waals surface area contributed by atoms with Crippen molar-refractivity contribution in [2.24, 2.45) is 10.9 Å². The lowest BCUT2D eigenvalue weighted by atomic mass is 9.84. The average Bonchev–Trinajstić information content (AvgIpc) is 2.48. The van der Waals surface area contributed by atoms with Crippen molar-refractivity contribution < 1.29 is 13.2 Å². The lowest BCUT2D eigenvalue weighted by Gasteiger charge is -2.30. The highest BCUT2D eigenvalue weighted by Crippen LogP contribution is 2.26. The number of hydrogen-bond donors (Lipinski definition) is 2. The molecule has 130 valence electrons. The summed E-state index contributed by atoms with van der Waals surface area (Å²) in [6.07, 6.45) is 7.49. The molecule has 0 aliphatic heterocycles. The van der Waals surface area contributed by atoms with E-state index in [2.05, 4.69) is 22.5 Å². The number of guanidine groups is 1. The summed E-state index contributed by atoms with van der Waals surface area (Å²) in [4.78, 5) is 4.23. The Kier molecular flexibility index (Phi) is 8.78. The molecule has 0 amide bonds. The first kappa shape index (κ1) is 19.2. The van der Waals surface area contributed by atoms with E-state index in [1.165, 1.54) is 38.4 Å². The Morgan fingerprint density at radius 3 is 2.73 bits per heavy atom. The molecule has 1 aliphatic rings. The molecule has 0 saturated heterocycles. The fourth-order valence-electron chi connectivity index (χ4n) is 2.73. The van der Waals surface area contributed by atoms with Gasteiger partial charge >= 0.3 is 0 Å².